The van der Waals surface area contributed by atoms with Gasteiger partial charge in [-0.25, -0.2) is 4.98 Å². The molecule has 0 aliphatic heterocycles. The van der Waals surface area contributed by atoms with Gasteiger partial charge in [0.25, 0.3) is 0 Å². The number of hydrogen-bond donors (Lipinski definition) is 0. The Morgan fingerprint density at radius 2 is 1.88 bits per heavy atom. The van der Waals surface area contributed by atoms with Crippen LogP contribution < -0.4 is 4.74 Å². The molecule has 5 rings (SSSR count). The van der Waals surface area contributed by atoms with Gasteiger partial charge in [-0.15, -0.1) is 21.5 Å². The molecule has 0 amide bonds. The van der Waals surface area contributed by atoms with Crippen LogP contribution in [0.3, 0.4) is 0 Å². The highest BCUT2D eigenvalue weighted by molar-refractivity contribution is 7.98. The molecule has 0 atom stereocenters. The van der Waals surface area contributed by atoms with Crippen molar-refractivity contribution >= 4 is 34.7 Å². The topological polar surface area (TPSA) is 52.8 Å². The summed E-state index contributed by atoms with van der Waals surface area (Å²) in [4.78, 5) is 4.74. The van der Waals surface area contributed by atoms with Gasteiger partial charge in [0.05, 0.1) is 16.8 Å². The molecule has 32 heavy (non-hydrogen) atoms. The lowest BCUT2D eigenvalue weighted by atomic mass is 10.2. The fourth-order valence-corrected chi connectivity index (χ4v) is 5.89. The quantitative estimate of drug-likeness (QED) is 0.269. The molecule has 1 fully saturated rings. The molecule has 0 unspecified atom stereocenters. The van der Waals surface area contributed by atoms with Crippen molar-refractivity contribution in [1.29, 1.82) is 0 Å². The van der Waals surface area contributed by atoms with E-state index in [1.165, 1.54) is 12.8 Å². The minimum Gasteiger partial charge on any atom is -0.490 e. The first-order valence-electron chi connectivity index (χ1n) is 10.7. The summed E-state index contributed by atoms with van der Waals surface area (Å²) in [5.74, 6) is 2.49. The zero-order valence-electron chi connectivity index (χ0n) is 17.7. The molecule has 1 aliphatic carbocycles. The number of aromatic nitrogens is 4. The van der Waals surface area contributed by atoms with E-state index < -0.39 is 0 Å². The Hall–Kier alpha value is -2.35. The molecule has 8 heteroatoms. The number of ether oxygens (including phenoxy) is 1. The van der Waals surface area contributed by atoms with E-state index in [0.717, 1.165) is 62.2 Å². The Morgan fingerprint density at radius 3 is 2.66 bits per heavy atom. The van der Waals surface area contributed by atoms with Gasteiger partial charge in [-0.2, -0.15) is 0 Å². The third-order valence-electron chi connectivity index (χ3n) is 5.56. The smallest absolute Gasteiger partial charge is 0.191 e. The van der Waals surface area contributed by atoms with Gasteiger partial charge >= 0.3 is 0 Å². The van der Waals surface area contributed by atoms with Gasteiger partial charge in [-0.1, -0.05) is 41.6 Å². The summed E-state index contributed by atoms with van der Waals surface area (Å²) in [6.45, 7) is 0. The van der Waals surface area contributed by atoms with Gasteiger partial charge in [0.15, 0.2) is 11.0 Å². The van der Waals surface area contributed by atoms with E-state index in [9.17, 15) is 0 Å². The Bertz CT molecular complexity index is 1200. The highest BCUT2D eigenvalue weighted by atomic mass is 35.5. The number of thioether (sulfide) groups is 1. The standard InChI is InChI=1S/C24H23ClN4OS2/c1-29-22(16-10-12-19(13-11-16)30-18-6-2-3-7-18)27-28-24(29)32-15-17-14-31-23(26-17)20-8-4-5-9-21(20)25/h4-5,8-14,18H,2-3,6-7,15H2,1H3. The summed E-state index contributed by atoms with van der Waals surface area (Å²) in [6, 6.07) is 16.0. The summed E-state index contributed by atoms with van der Waals surface area (Å²) in [5, 5.41) is 13.4. The van der Waals surface area contributed by atoms with Crippen LogP contribution in [0.2, 0.25) is 5.02 Å². The second kappa shape index (κ2) is 9.65. The SMILES string of the molecule is Cn1c(SCc2csc(-c3ccccc3Cl)n2)nnc1-c1ccc(OC2CCCC2)cc1. The maximum Gasteiger partial charge on any atom is 0.191 e. The lowest BCUT2D eigenvalue weighted by Gasteiger charge is -2.13. The average molecular weight is 483 g/mol. The fraction of sp³-hybridized carbons (Fsp3) is 0.292. The summed E-state index contributed by atoms with van der Waals surface area (Å²) in [5.41, 5.74) is 3.00. The molecule has 5 nitrogen and oxygen atoms in total. The molecule has 1 saturated carbocycles. The molecule has 0 saturated heterocycles. The molecule has 2 aromatic heterocycles. The minimum atomic E-state index is 0.364. The molecule has 0 spiro atoms. The first-order chi connectivity index (χ1) is 15.7. The van der Waals surface area contributed by atoms with Crippen LogP contribution in [0.25, 0.3) is 22.0 Å². The normalized spacial score (nSPS) is 14.2. The number of thiazole rings is 1. The van der Waals surface area contributed by atoms with Crippen LogP contribution >= 0.6 is 34.7 Å². The predicted molar refractivity (Wildman–Crippen MR) is 131 cm³/mol. The van der Waals surface area contributed by atoms with Crippen LogP contribution in [0.5, 0.6) is 5.75 Å². The highest BCUT2D eigenvalue weighted by Gasteiger charge is 2.17. The third-order valence-corrected chi connectivity index (χ3v) is 7.87. The Balaban J connectivity index is 1.24. The molecule has 1 aliphatic rings. The minimum absolute atomic E-state index is 0.364. The summed E-state index contributed by atoms with van der Waals surface area (Å²) in [7, 11) is 2.00. The molecule has 0 radical (unpaired) electrons. The number of rotatable bonds is 7. The van der Waals surface area contributed by atoms with Crippen molar-refractivity contribution in [3.63, 3.8) is 0 Å². The molecule has 2 heterocycles. The molecule has 164 valence electrons. The third kappa shape index (κ3) is 4.70. The largest absolute Gasteiger partial charge is 0.490 e. The Kier molecular flexibility index (Phi) is 6.48. The van der Waals surface area contributed by atoms with E-state index >= 15 is 0 Å². The second-order valence-corrected chi connectivity index (χ2v) is 10.0. The summed E-state index contributed by atoms with van der Waals surface area (Å²) >= 11 is 9.54. The van der Waals surface area contributed by atoms with Gasteiger partial charge in [-0.05, 0) is 56.0 Å². The molecular weight excluding hydrogens is 460 g/mol. The molecule has 0 N–H and O–H groups in total. The molecule has 2 aromatic carbocycles. The van der Waals surface area contributed by atoms with Gasteiger partial charge in [0.1, 0.15) is 10.8 Å². The number of benzene rings is 2. The van der Waals surface area contributed by atoms with E-state index in [1.54, 1.807) is 23.1 Å². The molecule has 0 bridgehead atoms. The van der Waals surface area contributed by atoms with Crippen LogP contribution in [0.4, 0.5) is 0 Å². The van der Waals surface area contributed by atoms with Crippen molar-refractivity contribution in [2.75, 3.05) is 0 Å². The number of hydrogen-bond acceptors (Lipinski definition) is 6. The van der Waals surface area contributed by atoms with Gasteiger partial charge < -0.3 is 9.30 Å². The van der Waals surface area contributed by atoms with E-state index in [4.69, 9.17) is 21.3 Å². The van der Waals surface area contributed by atoms with Crippen molar-refractivity contribution in [3.05, 3.63) is 64.6 Å². The zero-order chi connectivity index (χ0) is 21.9. The van der Waals surface area contributed by atoms with Crippen molar-refractivity contribution in [2.24, 2.45) is 7.05 Å². The van der Waals surface area contributed by atoms with E-state index in [2.05, 4.69) is 27.7 Å². The predicted octanol–water partition coefficient (Wildman–Crippen LogP) is 6.87. The average Bonchev–Trinajstić information content (AvgIpc) is 3.56. The summed E-state index contributed by atoms with van der Waals surface area (Å²) in [6.07, 6.45) is 5.21. The maximum atomic E-state index is 6.31. The Morgan fingerprint density at radius 1 is 1.09 bits per heavy atom. The van der Waals surface area contributed by atoms with Crippen LogP contribution in [0, 0.1) is 0 Å². The van der Waals surface area contributed by atoms with E-state index in [-0.39, 0.29) is 0 Å². The van der Waals surface area contributed by atoms with Gasteiger partial charge in [0.2, 0.25) is 0 Å². The van der Waals surface area contributed by atoms with Crippen molar-refractivity contribution < 1.29 is 4.74 Å². The fourth-order valence-electron chi connectivity index (χ4n) is 3.84. The van der Waals surface area contributed by atoms with Crippen molar-refractivity contribution in [2.45, 2.75) is 42.7 Å². The van der Waals surface area contributed by atoms with E-state index in [0.29, 0.717) is 6.10 Å². The lowest BCUT2D eigenvalue weighted by Crippen LogP contribution is -2.10. The molecule has 4 aromatic rings. The van der Waals surface area contributed by atoms with Gasteiger partial charge in [-0.3, -0.25) is 0 Å². The van der Waals surface area contributed by atoms with Crippen molar-refractivity contribution in [1.82, 2.24) is 19.7 Å². The van der Waals surface area contributed by atoms with E-state index in [1.807, 2.05) is 48.0 Å². The monoisotopic (exact) mass is 482 g/mol. The number of halogens is 1. The van der Waals surface area contributed by atoms with Crippen LogP contribution in [-0.2, 0) is 12.8 Å². The van der Waals surface area contributed by atoms with Gasteiger partial charge in [0, 0.05) is 29.3 Å². The van der Waals surface area contributed by atoms with Crippen LogP contribution in [0.15, 0.2) is 59.1 Å². The highest BCUT2D eigenvalue weighted by Crippen LogP contribution is 2.32. The lowest BCUT2D eigenvalue weighted by molar-refractivity contribution is 0.210. The second-order valence-electron chi connectivity index (χ2n) is 7.83. The van der Waals surface area contributed by atoms with Crippen LogP contribution in [0.1, 0.15) is 31.4 Å². The zero-order valence-corrected chi connectivity index (χ0v) is 20.1. The molecular formula is C24H23ClN4OS2. The maximum absolute atomic E-state index is 6.31. The van der Waals surface area contributed by atoms with Crippen LogP contribution in [-0.4, -0.2) is 25.9 Å². The Labute approximate surface area is 200 Å². The first-order valence-corrected chi connectivity index (χ1v) is 12.9. The number of nitrogens with zero attached hydrogens (tertiary/aromatic N) is 4. The summed E-state index contributed by atoms with van der Waals surface area (Å²) < 4.78 is 8.10. The first kappa shape index (κ1) is 21.5. The van der Waals surface area contributed by atoms with Crippen molar-refractivity contribution in [3.8, 4) is 27.7 Å².